The first-order valence-electron chi connectivity index (χ1n) is 4.55. The fourth-order valence-electron chi connectivity index (χ4n) is 1.22. The lowest BCUT2D eigenvalue weighted by molar-refractivity contribution is -0.134. The number of methoxy groups -OCH3 is 1. The lowest BCUT2D eigenvalue weighted by Crippen LogP contribution is -2.06. The lowest BCUT2D eigenvalue weighted by Gasteiger charge is -2.16. The number of aryl methyl sites for hydroxylation is 2. The van der Waals surface area contributed by atoms with Crippen molar-refractivity contribution in [3.63, 3.8) is 0 Å². The number of rotatable bonds is 1. The SMILES string of the molecule is C=CC(=O)OC.c1ccc2c(c1)CC2. The Morgan fingerprint density at radius 3 is 2.00 bits per heavy atom. The maximum absolute atomic E-state index is 9.84. The predicted octanol–water partition coefficient (Wildman–Crippen LogP) is 2.13. The van der Waals surface area contributed by atoms with Crippen molar-refractivity contribution in [1.82, 2.24) is 0 Å². The Hall–Kier alpha value is -1.57. The van der Waals surface area contributed by atoms with Gasteiger partial charge in [-0.2, -0.15) is 0 Å². The number of hydrogen-bond donors (Lipinski definition) is 0. The molecule has 74 valence electrons. The lowest BCUT2D eigenvalue weighted by atomic mass is 9.89. The number of carbonyl (C=O) groups is 1. The zero-order valence-electron chi connectivity index (χ0n) is 8.32. The van der Waals surface area contributed by atoms with Crippen LogP contribution in [-0.2, 0) is 22.4 Å². The van der Waals surface area contributed by atoms with Crippen molar-refractivity contribution in [3.8, 4) is 0 Å². The Morgan fingerprint density at radius 1 is 1.36 bits per heavy atom. The molecule has 1 aromatic carbocycles. The van der Waals surface area contributed by atoms with Gasteiger partial charge in [-0.15, -0.1) is 0 Å². The van der Waals surface area contributed by atoms with Gasteiger partial charge in [0.15, 0.2) is 0 Å². The smallest absolute Gasteiger partial charge is 0.329 e. The fraction of sp³-hybridized carbons (Fsp3) is 0.250. The molecule has 0 aliphatic heterocycles. The molecule has 0 atom stereocenters. The van der Waals surface area contributed by atoms with Gasteiger partial charge in [-0.1, -0.05) is 30.8 Å². The number of fused-ring (bicyclic) bond motifs is 1. The van der Waals surface area contributed by atoms with Gasteiger partial charge in [-0.3, -0.25) is 0 Å². The van der Waals surface area contributed by atoms with Crippen molar-refractivity contribution < 1.29 is 9.53 Å². The van der Waals surface area contributed by atoms with Gasteiger partial charge in [-0.25, -0.2) is 4.79 Å². The molecule has 1 aliphatic rings. The zero-order valence-corrected chi connectivity index (χ0v) is 8.32. The highest BCUT2D eigenvalue weighted by molar-refractivity contribution is 5.80. The van der Waals surface area contributed by atoms with Gasteiger partial charge < -0.3 is 4.74 Å². The molecule has 0 bridgehead atoms. The molecule has 0 aromatic heterocycles. The summed E-state index contributed by atoms with van der Waals surface area (Å²) in [6.07, 6.45) is 3.71. The highest BCUT2D eigenvalue weighted by Gasteiger charge is 2.09. The molecule has 0 heterocycles. The number of ether oxygens (including phenoxy) is 1. The third-order valence-corrected chi connectivity index (χ3v) is 2.15. The molecule has 0 fully saturated rings. The summed E-state index contributed by atoms with van der Waals surface area (Å²) in [6.45, 7) is 3.16. The molecule has 1 aliphatic carbocycles. The number of benzene rings is 1. The minimum atomic E-state index is -0.394. The molecular formula is C12H14O2. The molecule has 14 heavy (non-hydrogen) atoms. The van der Waals surface area contributed by atoms with Crippen LogP contribution >= 0.6 is 0 Å². The van der Waals surface area contributed by atoms with Crippen LogP contribution in [0.15, 0.2) is 36.9 Å². The summed E-state index contributed by atoms with van der Waals surface area (Å²) < 4.78 is 4.14. The highest BCUT2D eigenvalue weighted by atomic mass is 16.5. The van der Waals surface area contributed by atoms with E-state index in [-0.39, 0.29) is 0 Å². The van der Waals surface area contributed by atoms with E-state index < -0.39 is 5.97 Å². The molecular weight excluding hydrogens is 176 g/mol. The molecule has 0 amide bonds. The Kier molecular flexibility index (Phi) is 3.92. The van der Waals surface area contributed by atoms with E-state index in [9.17, 15) is 4.79 Å². The summed E-state index contributed by atoms with van der Waals surface area (Å²) in [7, 11) is 1.31. The zero-order chi connectivity index (χ0) is 10.4. The highest BCUT2D eigenvalue weighted by Crippen LogP contribution is 2.20. The molecule has 0 unspecified atom stereocenters. The van der Waals surface area contributed by atoms with Crippen LogP contribution < -0.4 is 0 Å². The standard InChI is InChI=1S/C8H8.C4H6O2/c1-2-4-8-6-5-7(8)3-1;1-3-4(5)6-2/h1-4H,5-6H2;3H,1H2,2H3. The summed E-state index contributed by atoms with van der Waals surface area (Å²) in [5.41, 5.74) is 3.10. The average Bonchev–Trinajstić information content (AvgIpc) is 2.20. The van der Waals surface area contributed by atoms with E-state index in [1.807, 2.05) is 0 Å². The monoisotopic (exact) mass is 190 g/mol. The third-order valence-electron chi connectivity index (χ3n) is 2.15. The third kappa shape index (κ3) is 2.73. The molecule has 0 N–H and O–H groups in total. The van der Waals surface area contributed by atoms with Crippen molar-refractivity contribution >= 4 is 5.97 Å². The molecule has 2 heteroatoms. The number of esters is 1. The van der Waals surface area contributed by atoms with Gasteiger partial charge in [0, 0.05) is 6.08 Å². The Balaban J connectivity index is 0.000000149. The molecule has 2 nitrogen and oxygen atoms in total. The van der Waals surface area contributed by atoms with Crippen LogP contribution in [0, 0.1) is 0 Å². The second kappa shape index (κ2) is 5.22. The van der Waals surface area contributed by atoms with Crippen molar-refractivity contribution in [2.24, 2.45) is 0 Å². The Bertz CT molecular complexity index is 306. The molecule has 1 aromatic rings. The maximum atomic E-state index is 9.84. The van der Waals surface area contributed by atoms with E-state index in [1.165, 1.54) is 20.0 Å². The molecule has 0 radical (unpaired) electrons. The fourth-order valence-corrected chi connectivity index (χ4v) is 1.22. The second-order valence-corrected chi connectivity index (χ2v) is 3.00. The van der Waals surface area contributed by atoms with Crippen molar-refractivity contribution in [1.29, 1.82) is 0 Å². The number of hydrogen-bond acceptors (Lipinski definition) is 2. The number of carbonyl (C=O) groups excluding carboxylic acids is 1. The van der Waals surface area contributed by atoms with Crippen LogP contribution in [0.3, 0.4) is 0 Å². The predicted molar refractivity (Wildman–Crippen MR) is 56.1 cm³/mol. The van der Waals surface area contributed by atoms with Gasteiger partial charge in [0.05, 0.1) is 7.11 Å². The second-order valence-electron chi connectivity index (χ2n) is 3.00. The van der Waals surface area contributed by atoms with E-state index in [1.54, 1.807) is 11.1 Å². The first-order valence-corrected chi connectivity index (χ1v) is 4.55. The Labute approximate surface area is 84.2 Å². The summed E-state index contributed by atoms with van der Waals surface area (Å²) in [5, 5.41) is 0. The van der Waals surface area contributed by atoms with Gasteiger partial charge in [0.1, 0.15) is 0 Å². The summed E-state index contributed by atoms with van der Waals surface area (Å²) in [4.78, 5) is 9.84. The first kappa shape index (κ1) is 10.5. The topological polar surface area (TPSA) is 26.3 Å². The normalized spacial score (nSPS) is 11.2. The maximum Gasteiger partial charge on any atom is 0.329 e. The van der Waals surface area contributed by atoms with Crippen LogP contribution in [0.25, 0.3) is 0 Å². The average molecular weight is 190 g/mol. The minimum absolute atomic E-state index is 0.394. The molecule has 2 rings (SSSR count). The van der Waals surface area contributed by atoms with Crippen LogP contribution in [0.4, 0.5) is 0 Å². The van der Waals surface area contributed by atoms with Gasteiger partial charge in [0.2, 0.25) is 0 Å². The van der Waals surface area contributed by atoms with Gasteiger partial charge in [-0.05, 0) is 24.0 Å². The van der Waals surface area contributed by atoms with Crippen LogP contribution in [0.1, 0.15) is 11.1 Å². The van der Waals surface area contributed by atoms with E-state index in [0.29, 0.717) is 0 Å². The molecule has 0 saturated carbocycles. The summed E-state index contributed by atoms with van der Waals surface area (Å²) >= 11 is 0. The van der Waals surface area contributed by atoms with Gasteiger partial charge >= 0.3 is 5.97 Å². The van der Waals surface area contributed by atoms with Crippen molar-refractivity contribution in [3.05, 3.63) is 48.0 Å². The Morgan fingerprint density at radius 2 is 1.86 bits per heavy atom. The summed E-state index contributed by atoms with van der Waals surface area (Å²) in [6, 6.07) is 8.63. The van der Waals surface area contributed by atoms with E-state index >= 15 is 0 Å². The largest absolute Gasteiger partial charge is 0.466 e. The minimum Gasteiger partial charge on any atom is -0.466 e. The van der Waals surface area contributed by atoms with Crippen LogP contribution in [0.5, 0.6) is 0 Å². The van der Waals surface area contributed by atoms with E-state index in [4.69, 9.17) is 0 Å². The van der Waals surface area contributed by atoms with Gasteiger partial charge in [0.25, 0.3) is 0 Å². The first-order chi connectivity index (χ1) is 6.77. The molecule has 0 spiro atoms. The van der Waals surface area contributed by atoms with Crippen LogP contribution in [-0.4, -0.2) is 13.1 Å². The van der Waals surface area contributed by atoms with Crippen molar-refractivity contribution in [2.75, 3.05) is 7.11 Å². The summed E-state index contributed by atoms with van der Waals surface area (Å²) in [5.74, 6) is -0.394. The van der Waals surface area contributed by atoms with E-state index in [0.717, 1.165) is 6.08 Å². The molecule has 0 saturated heterocycles. The van der Waals surface area contributed by atoms with Crippen LogP contribution in [0.2, 0.25) is 0 Å². The van der Waals surface area contributed by atoms with Crippen molar-refractivity contribution in [2.45, 2.75) is 12.8 Å². The van der Waals surface area contributed by atoms with E-state index in [2.05, 4.69) is 35.6 Å². The quantitative estimate of drug-likeness (QED) is 0.501.